The Morgan fingerprint density at radius 1 is 1.28 bits per heavy atom. The molecule has 9 nitrogen and oxygen atoms in total. The lowest BCUT2D eigenvalue weighted by molar-refractivity contribution is -0.274. The maximum Gasteiger partial charge on any atom is 0.573 e. The lowest BCUT2D eigenvalue weighted by Crippen LogP contribution is -2.33. The van der Waals surface area contributed by atoms with Gasteiger partial charge in [0.05, 0.1) is 30.7 Å². The van der Waals surface area contributed by atoms with E-state index in [4.69, 9.17) is 4.74 Å². The first-order valence-corrected chi connectivity index (χ1v) is 11.3. The third-order valence-corrected chi connectivity index (χ3v) is 6.13. The van der Waals surface area contributed by atoms with E-state index in [1.54, 1.807) is 6.07 Å². The molecule has 3 heterocycles. The number of amides is 2. The fraction of sp³-hybridized carbons (Fsp3) is 0.333. The Morgan fingerprint density at radius 3 is 2.89 bits per heavy atom. The molecule has 1 aliphatic heterocycles. The molecule has 1 saturated heterocycles. The van der Waals surface area contributed by atoms with Crippen LogP contribution in [0.5, 0.6) is 5.75 Å². The molecular weight excluding hydrogens is 479 g/mol. The number of aryl methyl sites for hydroxylation is 1. The van der Waals surface area contributed by atoms with Gasteiger partial charge in [0.15, 0.2) is 5.75 Å². The van der Waals surface area contributed by atoms with Crippen LogP contribution in [0.4, 0.5) is 23.7 Å². The Morgan fingerprint density at radius 2 is 2.11 bits per heavy atom. The number of H-pyrrole nitrogens is 1. The van der Waals surface area contributed by atoms with Crippen molar-refractivity contribution in [3.05, 3.63) is 47.8 Å². The summed E-state index contributed by atoms with van der Waals surface area (Å²) in [6.07, 6.45) is -1.36. The van der Waals surface area contributed by atoms with E-state index >= 15 is 0 Å². The Labute approximate surface area is 203 Å². The van der Waals surface area contributed by atoms with Crippen molar-refractivity contribution in [3.8, 4) is 28.3 Å². The normalized spacial score (nSPS) is 17.2. The molecule has 0 unspecified atom stereocenters. The summed E-state index contributed by atoms with van der Waals surface area (Å²) in [4.78, 5) is 28.9. The lowest BCUT2D eigenvalue weighted by Gasteiger charge is -2.16. The molecule has 2 amide bonds. The predicted molar refractivity (Wildman–Crippen MR) is 122 cm³/mol. The topological polar surface area (TPSA) is 109 Å². The molecule has 5 rings (SSSR count). The summed E-state index contributed by atoms with van der Waals surface area (Å²) in [5.74, 6) is -0.617. The fourth-order valence-corrected chi connectivity index (χ4v) is 4.59. The van der Waals surface area contributed by atoms with E-state index in [1.807, 2.05) is 12.1 Å². The van der Waals surface area contributed by atoms with E-state index in [0.29, 0.717) is 36.5 Å². The molecule has 1 atom stereocenters. The van der Waals surface area contributed by atoms with Crippen LogP contribution < -0.4 is 15.0 Å². The highest BCUT2D eigenvalue weighted by Crippen LogP contribution is 2.41. The van der Waals surface area contributed by atoms with E-state index in [0.717, 1.165) is 29.3 Å². The summed E-state index contributed by atoms with van der Waals surface area (Å²) in [6.45, 7) is 1.94. The molecule has 12 heteroatoms. The lowest BCUT2D eigenvalue weighted by atomic mass is 9.99. The Hall–Kier alpha value is -4.09. The van der Waals surface area contributed by atoms with Crippen LogP contribution in [0, 0.1) is 0 Å². The smallest absolute Gasteiger partial charge is 0.442 e. The van der Waals surface area contributed by atoms with Crippen molar-refractivity contribution in [2.24, 2.45) is 0 Å². The van der Waals surface area contributed by atoms with Gasteiger partial charge in [0.2, 0.25) is 5.91 Å². The van der Waals surface area contributed by atoms with Crippen molar-refractivity contribution in [3.63, 3.8) is 0 Å². The van der Waals surface area contributed by atoms with Crippen molar-refractivity contribution in [2.75, 3.05) is 18.0 Å². The summed E-state index contributed by atoms with van der Waals surface area (Å²) in [6, 6.07) is 7.02. The molecule has 188 valence electrons. The van der Waals surface area contributed by atoms with Gasteiger partial charge in [-0.25, -0.2) is 4.79 Å². The molecule has 0 radical (unpaired) electrons. The number of hydrogen-bond donors (Lipinski definition) is 2. The zero-order chi connectivity index (χ0) is 25.4. The molecule has 1 aromatic carbocycles. The highest BCUT2D eigenvalue weighted by atomic mass is 19.4. The van der Waals surface area contributed by atoms with E-state index in [2.05, 4.69) is 25.2 Å². The van der Waals surface area contributed by atoms with Gasteiger partial charge in [-0.05, 0) is 43.0 Å². The van der Waals surface area contributed by atoms with Crippen LogP contribution in [0.1, 0.15) is 24.5 Å². The number of nitrogens with one attached hydrogen (secondary N) is 2. The first-order valence-electron chi connectivity index (χ1n) is 11.3. The zero-order valence-corrected chi connectivity index (χ0v) is 19.2. The first-order chi connectivity index (χ1) is 17.2. The number of aromatic nitrogens is 3. The fourth-order valence-electron chi connectivity index (χ4n) is 4.59. The van der Waals surface area contributed by atoms with Gasteiger partial charge in [0.1, 0.15) is 6.10 Å². The second-order valence-corrected chi connectivity index (χ2v) is 8.59. The SMILES string of the molecule is CC(=O)NC[C@H]1CN(c2ccc3c(c2)CCCc2c(-c4ccncc4OC(F)(F)F)n[nH]c2-3)C(=O)O1. The van der Waals surface area contributed by atoms with Gasteiger partial charge in [-0.3, -0.25) is 19.8 Å². The molecule has 0 saturated carbocycles. The van der Waals surface area contributed by atoms with Crippen LogP contribution in [0.25, 0.3) is 22.5 Å². The average Bonchev–Trinajstić information content (AvgIpc) is 3.35. The van der Waals surface area contributed by atoms with E-state index < -0.39 is 24.3 Å². The van der Waals surface area contributed by atoms with Gasteiger partial charge < -0.3 is 14.8 Å². The first kappa shape index (κ1) is 23.6. The molecule has 0 spiro atoms. The molecule has 2 N–H and O–H groups in total. The number of halogens is 3. The summed E-state index contributed by atoms with van der Waals surface area (Å²) in [7, 11) is 0. The number of cyclic esters (lactones) is 1. The number of fused-ring (bicyclic) bond motifs is 3. The summed E-state index contributed by atoms with van der Waals surface area (Å²) < 4.78 is 48.3. The quantitative estimate of drug-likeness (QED) is 0.547. The maximum atomic E-state index is 12.9. The number of ether oxygens (including phenoxy) is 2. The summed E-state index contributed by atoms with van der Waals surface area (Å²) >= 11 is 0. The number of carbonyl (C=O) groups excluding carboxylic acids is 2. The standard InChI is InChI=1S/C24H22F3N5O4/c1-13(33)29-10-16-12-32(23(34)35-16)15-5-6-17-14(9-15)3-2-4-19-21(17)30-31-22(19)18-7-8-28-11-20(18)36-24(25,26)27/h5-9,11,16H,2-4,10,12H2,1H3,(H,29,33)(H,30,31)/t16-/m0/s1. The molecule has 2 aromatic heterocycles. The number of carbonyl (C=O) groups is 2. The zero-order valence-electron chi connectivity index (χ0n) is 19.2. The molecular formula is C24H22F3N5O4. The second-order valence-electron chi connectivity index (χ2n) is 8.59. The third kappa shape index (κ3) is 4.70. The van der Waals surface area contributed by atoms with Crippen molar-refractivity contribution in [2.45, 2.75) is 38.7 Å². The van der Waals surface area contributed by atoms with Gasteiger partial charge in [-0.15, -0.1) is 13.2 Å². The maximum absolute atomic E-state index is 12.9. The van der Waals surface area contributed by atoms with Gasteiger partial charge in [0, 0.05) is 35.5 Å². The minimum absolute atomic E-state index is 0.199. The van der Waals surface area contributed by atoms with Crippen LogP contribution >= 0.6 is 0 Å². The van der Waals surface area contributed by atoms with Gasteiger partial charge >= 0.3 is 12.5 Å². The van der Waals surface area contributed by atoms with Crippen molar-refractivity contribution in [1.82, 2.24) is 20.5 Å². The molecule has 1 aliphatic carbocycles. The highest BCUT2D eigenvalue weighted by molar-refractivity contribution is 5.91. The number of alkyl halides is 3. The van der Waals surface area contributed by atoms with Gasteiger partial charge in [-0.1, -0.05) is 6.07 Å². The average molecular weight is 501 g/mol. The van der Waals surface area contributed by atoms with Crippen LogP contribution in [0.2, 0.25) is 0 Å². The summed E-state index contributed by atoms with van der Waals surface area (Å²) in [5, 5.41) is 9.98. The monoisotopic (exact) mass is 501 g/mol. The van der Waals surface area contributed by atoms with Crippen molar-refractivity contribution >= 4 is 17.7 Å². The van der Waals surface area contributed by atoms with Crippen LogP contribution in [0.3, 0.4) is 0 Å². The van der Waals surface area contributed by atoms with E-state index in [9.17, 15) is 22.8 Å². The summed E-state index contributed by atoms with van der Waals surface area (Å²) in [5.41, 5.74) is 4.59. The second kappa shape index (κ2) is 9.17. The van der Waals surface area contributed by atoms with Crippen molar-refractivity contribution < 1.29 is 32.2 Å². The Bertz CT molecular complexity index is 1320. The van der Waals surface area contributed by atoms with Gasteiger partial charge in [0.25, 0.3) is 0 Å². The number of pyridine rings is 1. The number of benzene rings is 1. The van der Waals surface area contributed by atoms with Crippen molar-refractivity contribution in [1.29, 1.82) is 0 Å². The molecule has 0 bridgehead atoms. The number of nitrogens with zero attached hydrogens (tertiary/aromatic N) is 3. The Balaban J connectivity index is 1.45. The number of aromatic amines is 1. The molecule has 36 heavy (non-hydrogen) atoms. The van der Waals surface area contributed by atoms with E-state index in [1.165, 1.54) is 24.1 Å². The van der Waals surface area contributed by atoms with Gasteiger partial charge in [-0.2, -0.15) is 5.10 Å². The largest absolute Gasteiger partial charge is 0.573 e. The van der Waals surface area contributed by atoms with E-state index in [-0.39, 0.29) is 18.0 Å². The molecule has 3 aromatic rings. The van der Waals surface area contributed by atoms with Crippen LogP contribution in [0.15, 0.2) is 36.7 Å². The molecule has 1 fully saturated rings. The molecule has 2 aliphatic rings. The minimum atomic E-state index is -4.86. The number of hydrogen-bond acceptors (Lipinski definition) is 6. The number of anilines is 1. The highest BCUT2D eigenvalue weighted by Gasteiger charge is 2.35. The number of rotatable bonds is 5. The minimum Gasteiger partial charge on any atom is -0.442 e. The third-order valence-electron chi connectivity index (χ3n) is 6.13. The Kier molecular flexibility index (Phi) is 6.02. The predicted octanol–water partition coefficient (Wildman–Crippen LogP) is 3.99. The van der Waals surface area contributed by atoms with Crippen LogP contribution in [-0.4, -0.2) is 52.7 Å². The van der Waals surface area contributed by atoms with Crippen LogP contribution in [-0.2, 0) is 22.4 Å².